The standard InChI is InChI=1S/C13H19N3O2/c1-3-10-5-4-9(2)15(10)11-6-7-13(16(17)18)12(14)8-11/h6-10H,3-5,14H2,1-2H3. The molecule has 18 heavy (non-hydrogen) atoms. The second-order valence-electron chi connectivity index (χ2n) is 4.90. The molecule has 1 saturated heterocycles. The van der Waals surface area contributed by atoms with Crippen LogP contribution in [0.15, 0.2) is 18.2 Å². The quantitative estimate of drug-likeness (QED) is 0.508. The molecule has 1 fully saturated rings. The van der Waals surface area contributed by atoms with Crippen molar-refractivity contribution in [2.24, 2.45) is 0 Å². The molecule has 1 aromatic rings. The molecule has 2 N–H and O–H groups in total. The second kappa shape index (κ2) is 4.84. The van der Waals surface area contributed by atoms with Gasteiger partial charge in [-0.15, -0.1) is 0 Å². The molecule has 0 amide bonds. The summed E-state index contributed by atoms with van der Waals surface area (Å²) in [6.07, 6.45) is 3.42. The summed E-state index contributed by atoms with van der Waals surface area (Å²) >= 11 is 0. The lowest BCUT2D eigenvalue weighted by Gasteiger charge is -2.30. The Kier molecular flexibility index (Phi) is 3.41. The fraction of sp³-hybridized carbons (Fsp3) is 0.538. The molecule has 1 aliphatic rings. The zero-order valence-corrected chi connectivity index (χ0v) is 10.8. The Hall–Kier alpha value is -1.78. The van der Waals surface area contributed by atoms with Crippen molar-refractivity contribution >= 4 is 17.1 Å². The van der Waals surface area contributed by atoms with Gasteiger partial charge >= 0.3 is 0 Å². The molecule has 5 nitrogen and oxygen atoms in total. The molecular formula is C13H19N3O2. The molecule has 2 unspecified atom stereocenters. The van der Waals surface area contributed by atoms with Crippen LogP contribution in [0.5, 0.6) is 0 Å². The van der Waals surface area contributed by atoms with Crippen LogP contribution in [0, 0.1) is 10.1 Å². The van der Waals surface area contributed by atoms with Crippen LogP contribution < -0.4 is 10.6 Å². The van der Waals surface area contributed by atoms with Crippen LogP contribution in [0.2, 0.25) is 0 Å². The average Bonchev–Trinajstić information content (AvgIpc) is 2.69. The highest BCUT2D eigenvalue weighted by molar-refractivity contribution is 5.67. The van der Waals surface area contributed by atoms with Gasteiger partial charge in [-0.2, -0.15) is 0 Å². The second-order valence-corrected chi connectivity index (χ2v) is 4.90. The first-order valence-corrected chi connectivity index (χ1v) is 6.36. The van der Waals surface area contributed by atoms with Crippen molar-refractivity contribution in [3.63, 3.8) is 0 Å². The SMILES string of the molecule is CCC1CCC(C)N1c1ccc([N+](=O)[O-])c(N)c1. The van der Waals surface area contributed by atoms with Crippen molar-refractivity contribution in [1.29, 1.82) is 0 Å². The Balaban J connectivity index is 2.33. The maximum Gasteiger partial charge on any atom is 0.292 e. The maximum absolute atomic E-state index is 10.8. The fourth-order valence-corrected chi connectivity index (χ4v) is 2.81. The lowest BCUT2D eigenvalue weighted by atomic mass is 10.1. The molecule has 0 aliphatic carbocycles. The van der Waals surface area contributed by atoms with E-state index in [1.807, 2.05) is 0 Å². The molecule has 98 valence electrons. The first-order chi connectivity index (χ1) is 8.54. The minimum atomic E-state index is -0.441. The minimum Gasteiger partial charge on any atom is -0.393 e. The molecule has 5 heteroatoms. The van der Waals surface area contributed by atoms with Crippen LogP contribution in [0.4, 0.5) is 17.1 Å². The van der Waals surface area contributed by atoms with Crippen molar-refractivity contribution in [3.8, 4) is 0 Å². The molecule has 2 rings (SSSR count). The monoisotopic (exact) mass is 249 g/mol. The minimum absolute atomic E-state index is 0.0151. The largest absolute Gasteiger partial charge is 0.393 e. The summed E-state index contributed by atoms with van der Waals surface area (Å²) in [5.41, 5.74) is 6.98. The van der Waals surface area contributed by atoms with Gasteiger partial charge in [0.05, 0.1) is 4.92 Å². The van der Waals surface area contributed by atoms with E-state index in [9.17, 15) is 10.1 Å². The van der Waals surface area contributed by atoms with E-state index in [0.717, 1.165) is 18.5 Å². The third-order valence-electron chi connectivity index (χ3n) is 3.76. The van der Waals surface area contributed by atoms with E-state index in [0.29, 0.717) is 12.1 Å². The van der Waals surface area contributed by atoms with Gasteiger partial charge in [0.25, 0.3) is 5.69 Å². The van der Waals surface area contributed by atoms with Crippen molar-refractivity contribution in [3.05, 3.63) is 28.3 Å². The number of hydrogen-bond acceptors (Lipinski definition) is 4. The first kappa shape index (κ1) is 12.7. The van der Waals surface area contributed by atoms with Gasteiger partial charge in [0, 0.05) is 23.8 Å². The molecule has 0 bridgehead atoms. The number of nitrogens with zero attached hydrogens (tertiary/aromatic N) is 2. The molecule has 2 atom stereocenters. The maximum atomic E-state index is 10.8. The number of benzene rings is 1. The van der Waals surface area contributed by atoms with Gasteiger partial charge in [0.1, 0.15) is 5.69 Å². The molecular weight excluding hydrogens is 230 g/mol. The lowest BCUT2D eigenvalue weighted by Crippen LogP contribution is -2.34. The van der Waals surface area contributed by atoms with Gasteiger partial charge < -0.3 is 10.6 Å². The summed E-state index contributed by atoms with van der Waals surface area (Å²) in [6.45, 7) is 4.36. The summed E-state index contributed by atoms with van der Waals surface area (Å²) in [7, 11) is 0. The third-order valence-corrected chi connectivity index (χ3v) is 3.76. The number of nitro groups is 1. The fourth-order valence-electron chi connectivity index (χ4n) is 2.81. The topological polar surface area (TPSA) is 72.4 Å². The predicted octanol–water partition coefficient (Wildman–Crippen LogP) is 2.94. The number of nitro benzene ring substituents is 1. The molecule has 1 aromatic carbocycles. The Labute approximate surface area is 107 Å². The summed E-state index contributed by atoms with van der Waals surface area (Å²) in [6, 6.07) is 6.01. The highest BCUT2D eigenvalue weighted by atomic mass is 16.6. The van der Waals surface area contributed by atoms with Crippen molar-refractivity contribution < 1.29 is 4.92 Å². The van der Waals surface area contributed by atoms with Crippen LogP contribution in [-0.4, -0.2) is 17.0 Å². The first-order valence-electron chi connectivity index (χ1n) is 6.36. The van der Waals surface area contributed by atoms with Gasteiger partial charge in [0.15, 0.2) is 0 Å². The van der Waals surface area contributed by atoms with Gasteiger partial charge in [-0.1, -0.05) is 6.92 Å². The van der Waals surface area contributed by atoms with E-state index in [1.165, 1.54) is 12.5 Å². The van der Waals surface area contributed by atoms with Crippen molar-refractivity contribution in [1.82, 2.24) is 0 Å². The van der Waals surface area contributed by atoms with Crippen LogP contribution in [-0.2, 0) is 0 Å². The number of hydrogen-bond donors (Lipinski definition) is 1. The summed E-state index contributed by atoms with van der Waals surface area (Å²) in [5, 5.41) is 10.8. The van der Waals surface area contributed by atoms with E-state index in [4.69, 9.17) is 5.73 Å². The van der Waals surface area contributed by atoms with Gasteiger partial charge in [-0.05, 0) is 38.3 Å². The van der Waals surface area contributed by atoms with Crippen molar-refractivity contribution in [2.45, 2.75) is 45.2 Å². The molecule has 0 spiro atoms. The zero-order valence-electron chi connectivity index (χ0n) is 10.8. The van der Waals surface area contributed by atoms with E-state index in [-0.39, 0.29) is 11.4 Å². The Morgan fingerprint density at radius 2 is 2.22 bits per heavy atom. The van der Waals surface area contributed by atoms with E-state index >= 15 is 0 Å². The molecule has 0 radical (unpaired) electrons. The van der Waals surface area contributed by atoms with Crippen LogP contribution in [0.25, 0.3) is 0 Å². The lowest BCUT2D eigenvalue weighted by molar-refractivity contribution is -0.383. The highest BCUT2D eigenvalue weighted by Crippen LogP contribution is 2.35. The van der Waals surface area contributed by atoms with Gasteiger partial charge in [-0.25, -0.2) is 0 Å². The van der Waals surface area contributed by atoms with E-state index in [1.54, 1.807) is 12.1 Å². The Morgan fingerprint density at radius 3 is 2.78 bits per heavy atom. The van der Waals surface area contributed by atoms with Crippen molar-refractivity contribution in [2.75, 3.05) is 10.6 Å². The molecule has 1 heterocycles. The summed E-state index contributed by atoms with van der Waals surface area (Å²) in [4.78, 5) is 12.6. The molecule has 0 saturated carbocycles. The van der Waals surface area contributed by atoms with E-state index < -0.39 is 4.92 Å². The number of rotatable bonds is 3. The molecule has 1 aliphatic heterocycles. The van der Waals surface area contributed by atoms with E-state index in [2.05, 4.69) is 18.7 Å². The van der Waals surface area contributed by atoms with Crippen LogP contribution >= 0.6 is 0 Å². The van der Waals surface area contributed by atoms with Gasteiger partial charge in [-0.3, -0.25) is 10.1 Å². The molecule has 0 aromatic heterocycles. The van der Waals surface area contributed by atoms with Crippen LogP contribution in [0.3, 0.4) is 0 Å². The van der Waals surface area contributed by atoms with Gasteiger partial charge in [0.2, 0.25) is 0 Å². The summed E-state index contributed by atoms with van der Waals surface area (Å²) < 4.78 is 0. The van der Waals surface area contributed by atoms with Crippen LogP contribution in [0.1, 0.15) is 33.1 Å². The number of nitrogens with two attached hydrogens (primary N) is 1. The predicted molar refractivity (Wildman–Crippen MR) is 72.8 cm³/mol. The number of anilines is 2. The number of nitrogen functional groups attached to an aromatic ring is 1. The Bertz CT molecular complexity index is 462. The normalized spacial score (nSPS) is 23.3. The zero-order chi connectivity index (χ0) is 13.3. The third kappa shape index (κ3) is 2.12. The highest BCUT2D eigenvalue weighted by Gasteiger charge is 2.30. The smallest absolute Gasteiger partial charge is 0.292 e. The Morgan fingerprint density at radius 1 is 1.50 bits per heavy atom. The average molecular weight is 249 g/mol. The summed E-state index contributed by atoms with van der Waals surface area (Å²) in [5.74, 6) is 0.